The van der Waals surface area contributed by atoms with Gasteiger partial charge in [0.2, 0.25) is 0 Å². The van der Waals surface area contributed by atoms with Gasteiger partial charge in [-0.3, -0.25) is 4.79 Å². The van der Waals surface area contributed by atoms with Crippen LogP contribution < -0.4 is 9.47 Å². The molecule has 2 saturated heterocycles. The second-order valence-electron chi connectivity index (χ2n) is 5.64. The molecule has 1 aromatic rings. The zero-order valence-electron chi connectivity index (χ0n) is 13.3. The van der Waals surface area contributed by atoms with Gasteiger partial charge in [0.25, 0.3) is 5.91 Å². The van der Waals surface area contributed by atoms with Gasteiger partial charge < -0.3 is 23.8 Å². The third-order valence-corrected chi connectivity index (χ3v) is 4.25. The Morgan fingerprint density at radius 3 is 2.46 bits per heavy atom. The van der Waals surface area contributed by atoms with Crippen LogP contribution in [0, 0.1) is 0 Å². The summed E-state index contributed by atoms with van der Waals surface area (Å²) in [5, 5.41) is 0. The molecule has 0 radical (unpaired) electrons. The van der Waals surface area contributed by atoms with Crippen molar-refractivity contribution in [3.8, 4) is 11.5 Å². The highest BCUT2D eigenvalue weighted by Gasteiger charge is 2.40. The Morgan fingerprint density at radius 2 is 1.88 bits per heavy atom. The lowest BCUT2D eigenvalue weighted by atomic mass is 10.0. The number of rotatable bonds is 4. The molecule has 8 heteroatoms. The zero-order chi connectivity index (χ0) is 17.2. The van der Waals surface area contributed by atoms with E-state index in [1.54, 1.807) is 4.90 Å². The zero-order valence-corrected chi connectivity index (χ0v) is 13.3. The van der Waals surface area contributed by atoms with Crippen LogP contribution in [0.1, 0.15) is 23.2 Å². The molecule has 6 nitrogen and oxygen atoms in total. The first-order valence-electron chi connectivity index (χ1n) is 7.73. The van der Waals surface area contributed by atoms with Crippen LogP contribution in [0.15, 0.2) is 18.2 Å². The lowest BCUT2D eigenvalue weighted by molar-refractivity contribution is -0.181. The highest BCUT2D eigenvalue weighted by atomic mass is 19.3. The number of methoxy groups -OCH3 is 1. The van der Waals surface area contributed by atoms with Gasteiger partial charge in [-0.25, -0.2) is 0 Å². The van der Waals surface area contributed by atoms with Crippen molar-refractivity contribution in [3.05, 3.63) is 23.8 Å². The molecule has 1 aromatic carbocycles. The van der Waals surface area contributed by atoms with E-state index < -0.39 is 12.4 Å². The van der Waals surface area contributed by atoms with E-state index in [0.29, 0.717) is 44.7 Å². The predicted octanol–water partition coefficient (Wildman–Crippen LogP) is 2.28. The SMILES string of the molecule is COc1cc(C(=O)N2CCC3(CC2)OCCO3)ccc1OC(F)F. The monoisotopic (exact) mass is 343 g/mol. The van der Waals surface area contributed by atoms with E-state index in [1.165, 1.54) is 25.3 Å². The molecule has 24 heavy (non-hydrogen) atoms. The Bertz CT molecular complexity index is 594. The van der Waals surface area contributed by atoms with Crippen LogP contribution in [-0.2, 0) is 9.47 Å². The summed E-state index contributed by atoms with van der Waals surface area (Å²) in [6.45, 7) is -0.773. The number of benzene rings is 1. The lowest BCUT2D eigenvalue weighted by Gasteiger charge is -2.37. The number of nitrogens with zero attached hydrogens (tertiary/aromatic N) is 1. The largest absolute Gasteiger partial charge is 0.493 e. The van der Waals surface area contributed by atoms with Gasteiger partial charge in [-0.05, 0) is 18.2 Å². The fourth-order valence-corrected chi connectivity index (χ4v) is 3.01. The summed E-state index contributed by atoms with van der Waals surface area (Å²) >= 11 is 0. The Kier molecular flexibility index (Phi) is 4.86. The van der Waals surface area contributed by atoms with Crippen molar-refractivity contribution in [3.63, 3.8) is 0 Å². The van der Waals surface area contributed by atoms with Crippen molar-refractivity contribution in [2.24, 2.45) is 0 Å². The molecule has 2 aliphatic heterocycles. The van der Waals surface area contributed by atoms with Gasteiger partial charge in [-0.15, -0.1) is 0 Å². The summed E-state index contributed by atoms with van der Waals surface area (Å²) in [7, 11) is 1.33. The quantitative estimate of drug-likeness (QED) is 0.839. The standard InChI is InChI=1S/C16H19F2NO5/c1-21-13-10-11(2-3-12(13)24-15(17)18)14(20)19-6-4-16(5-7-19)22-8-9-23-16/h2-3,10,15H,4-9H2,1H3. The van der Waals surface area contributed by atoms with Crippen LogP contribution in [-0.4, -0.2) is 56.6 Å². The summed E-state index contributed by atoms with van der Waals surface area (Å²) in [4.78, 5) is 14.3. The van der Waals surface area contributed by atoms with E-state index in [0.717, 1.165) is 0 Å². The summed E-state index contributed by atoms with van der Waals surface area (Å²) in [6.07, 6.45) is 1.23. The van der Waals surface area contributed by atoms with Gasteiger partial charge in [0.15, 0.2) is 17.3 Å². The molecule has 1 spiro atoms. The molecule has 0 aromatic heterocycles. The van der Waals surface area contributed by atoms with Crippen molar-refractivity contribution in [1.82, 2.24) is 4.90 Å². The van der Waals surface area contributed by atoms with Crippen molar-refractivity contribution in [2.75, 3.05) is 33.4 Å². The smallest absolute Gasteiger partial charge is 0.387 e. The van der Waals surface area contributed by atoms with Crippen LogP contribution in [0.3, 0.4) is 0 Å². The van der Waals surface area contributed by atoms with E-state index in [2.05, 4.69) is 4.74 Å². The second-order valence-corrected chi connectivity index (χ2v) is 5.64. The number of halogens is 2. The lowest BCUT2D eigenvalue weighted by Crippen LogP contribution is -2.47. The first-order chi connectivity index (χ1) is 11.5. The fraction of sp³-hybridized carbons (Fsp3) is 0.562. The van der Waals surface area contributed by atoms with Gasteiger partial charge in [0, 0.05) is 31.5 Å². The number of ether oxygens (including phenoxy) is 4. The van der Waals surface area contributed by atoms with Crippen molar-refractivity contribution >= 4 is 5.91 Å². The number of hydrogen-bond acceptors (Lipinski definition) is 5. The highest BCUT2D eigenvalue weighted by Crippen LogP contribution is 2.33. The Morgan fingerprint density at radius 1 is 1.21 bits per heavy atom. The average Bonchev–Trinajstić information content (AvgIpc) is 3.03. The molecule has 2 fully saturated rings. The first kappa shape index (κ1) is 16.9. The molecule has 0 N–H and O–H groups in total. The molecule has 2 heterocycles. The molecular weight excluding hydrogens is 324 g/mol. The minimum Gasteiger partial charge on any atom is -0.493 e. The summed E-state index contributed by atoms with van der Waals surface area (Å²) in [5.41, 5.74) is 0.359. The highest BCUT2D eigenvalue weighted by molar-refractivity contribution is 5.95. The molecule has 0 atom stereocenters. The van der Waals surface area contributed by atoms with E-state index in [9.17, 15) is 13.6 Å². The van der Waals surface area contributed by atoms with Gasteiger partial charge in [0.05, 0.1) is 20.3 Å². The third-order valence-electron chi connectivity index (χ3n) is 4.25. The van der Waals surface area contributed by atoms with E-state index >= 15 is 0 Å². The number of amides is 1. The maximum absolute atomic E-state index is 12.6. The minimum absolute atomic E-state index is 0.0945. The normalized spacial score (nSPS) is 19.8. The van der Waals surface area contributed by atoms with Crippen molar-refractivity contribution in [1.29, 1.82) is 0 Å². The predicted molar refractivity (Wildman–Crippen MR) is 79.4 cm³/mol. The topological polar surface area (TPSA) is 57.2 Å². The Balaban J connectivity index is 1.69. The van der Waals surface area contributed by atoms with Crippen LogP contribution in [0.25, 0.3) is 0 Å². The Hall–Kier alpha value is -1.93. The molecule has 0 saturated carbocycles. The van der Waals surface area contributed by atoms with Gasteiger partial charge in [-0.1, -0.05) is 0 Å². The number of carbonyl (C=O) groups is 1. The fourth-order valence-electron chi connectivity index (χ4n) is 3.01. The van der Waals surface area contributed by atoms with Gasteiger partial charge in [0.1, 0.15) is 0 Å². The van der Waals surface area contributed by atoms with Crippen LogP contribution in [0.4, 0.5) is 8.78 Å². The molecular formula is C16H19F2NO5. The van der Waals surface area contributed by atoms with E-state index in [1.807, 2.05) is 0 Å². The van der Waals surface area contributed by atoms with Crippen LogP contribution >= 0.6 is 0 Å². The summed E-state index contributed by atoms with van der Waals surface area (Å²) in [6, 6.07) is 4.18. The average molecular weight is 343 g/mol. The maximum Gasteiger partial charge on any atom is 0.387 e. The van der Waals surface area contributed by atoms with Gasteiger partial charge >= 0.3 is 6.61 Å². The molecule has 1 amide bonds. The van der Waals surface area contributed by atoms with Crippen molar-refractivity contribution < 1.29 is 32.5 Å². The number of likely N-dealkylation sites (tertiary alicyclic amines) is 1. The van der Waals surface area contributed by atoms with Crippen LogP contribution in [0.5, 0.6) is 11.5 Å². The first-order valence-corrected chi connectivity index (χ1v) is 7.73. The molecule has 0 unspecified atom stereocenters. The summed E-state index contributed by atoms with van der Waals surface area (Å²) < 4.78 is 45.4. The summed E-state index contributed by atoms with van der Waals surface area (Å²) in [5.74, 6) is -0.750. The minimum atomic E-state index is -2.95. The third kappa shape index (κ3) is 3.44. The number of carbonyl (C=O) groups excluding carboxylic acids is 1. The molecule has 0 bridgehead atoms. The van der Waals surface area contributed by atoms with Gasteiger partial charge in [-0.2, -0.15) is 8.78 Å². The van der Waals surface area contributed by atoms with Crippen LogP contribution in [0.2, 0.25) is 0 Å². The Labute approximate surface area is 138 Å². The molecule has 2 aliphatic rings. The maximum atomic E-state index is 12.6. The number of piperidine rings is 1. The molecule has 3 rings (SSSR count). The van der Waals surface area contributed by atoms with E-state index in [4.69, 9.17) is 14.2 Å². The number of alkyl halides is 2. The van der Waals surface area contributed by atoms with Crippen molar-refractivity contribution in [2.45, 2.75) is 25.2 Å². The second kappa shape index (κ2) is 6.90. The molecule has 0 aliphatic carbocycles. The molecule has 132 valence electrons. The number of hydrogen-bond donors (Lipinski definition) is 0. The van der Waals surface area contributed by atoms with E-state index in [-0.39, 0.29) is 17.4 Å².